The van der Waals surface area contributed by atoms with Crippen LogP contribution in [0.15, 0.2) is 35.5 Å². The molecule has 152 valence electrons. The van der Waals surface area contributed by atoms with Crippen LogP contribution in [0.3, 0.4) is 0 Å². The summed E-state index contributed by atoms with van der Waals surface area (Å²) in [6.45, 7) is 5.61. The molecule has 0 radical (unpaired) electrons. The topological polar surface area (TPSA) is 48.7 Å². The predicted octanol–water partition coefficient (Wildman–Crippen LogP) is 3.39. The Balaban J connectivity index is 0.00000225. The standard InChI is InChI=1S/C20H27ClN6.HI/c1-22-20(23-14-17-15-27-8-3-2-7-19(27)24-17)26-11-9-25(10-12-26)18-6-4-5-16(21)13-18;/h4-6,13,15H,2-3,7-12,14H2,1H3,(H,22,23);1H. The minimum absolute atomic E-state index is 0. The second kappa shape index (κ2) is 9.82. The molecule has 0 spiro atoms. The molecule has 8 heteroatoms. The van der Waals surface area contributed by atoms with E-state index in [9.17, 15) is 0 Å². The lowest BCUT2D eigenvalue weighted by Crippen LogP contribution is -2.52. The van der Waals surface area contributed by atoms with Crippen molar-refractivity contribution in [2.24, 2.45) is 4.99 Å². The molecule has 0 saturated carbocycles. The molecule has 2 aromatic rings. The Morgan fingerprint density at radius 1 is 1.18 bits per heavy atom. The number of anilines is 1. The molecule has 2 aliphatic heterocycles. The third-order valence-corrected chi connectivity index (χ3v) is 5.59. The molecule has 1 N–H and O–H groups in total. The molecule has 0 bridgehead atoms. The van der Waals surface area contributed by atoms with E-state index in [0.29, 0.717) is 0 Å². The van der Waals surface area contributed by atoms with Crippen LogP contribution in [0, 0.1) is 0 Å². The van der Waals surface area contributed by atoms with E-state index in [1.807, 2.05) is 25.2 Å². The lowest BCUT2D eigenvalue weighted by molar-refractivity contribution is 0.372. The van der Waals surface area contributed by atoms with Crippen LogP contribution in [-0.4, -0.2) is 53.6 Å². The van der Waals surface area contributed by atoms with Gasteiger partial charge in [0.2, 0.25) is 0 Å². The number of guanidine groups is 1. The van der Waals surface area contributed by atoms with Crippen LogP contribution in [0.4, 0.5) is 5.69 Å². The summed E-state index contributed by atoms with van der Waals surface area (Å²) in [5.41, 5.74) is 2.29. The summed E-state index contributed by atoms with van der Waals surface area (Å²) in [6, 6.07) is 8.08. The molecular formula is C20H28ClIN6. The first kappa shape index (κ1) is 21.2. The zero-order valence-electron chi connectivity index (χ0n) is 16.3. The van der Waals surface area contributed by atoms with Crippen molar-refractivity contribution in [1.82, 2.24) is 19.8 Å². The van der Waals surface area contributed by atoms with E-state index in [4.69, 9.17) is 16.6 Å². The number of nitrogens with one attached hydrogen (secondary N) is 1. The van der Waals surface area contributed by atoms with Gasteiger partial charge in [-0.15, -0.1) is 24.0 Å². The molecule has 3 heterocycles. The Kier molecular flexibility index (Phi) is 7.45. The van der Waals surface area contributed by atoms with Gasteiger partial charge < -0.3 is 19.7 Å². The minimum atomic E-state index is 0. The van der Waals surface area contributed by atoms with Gasteiger partial charge in [0.25, 0.3) is 0 Å². The van der Waals surface area contributed by atoms with Crippen LogP contribution in [-0.2, 0) is 19.5 Å². The maximum absolute atomic E-state index is 6.13. The molecule has 1 fully saturated rings. The first-order chi connectivity index (χ1) is 13.2. The number of piperazine rings is 1. The van der Waals surface area contributed by atoms with Crippen molar-refractivity contribution in [2.75, 3.05) is 38.1 Å². The number of hydrogen-bond donors (Lipinski definition) is 1. The summed E-state index contributed by atoms with van der Waals surface area (Å²) in [6.07, 6.45) is 5.79. The van der Waals surface area contributed by atoms with Gasteiger partial charge in [0, 0.05) is 63.1 Å². The van der Waals surface area contributed by atoms with Crippen molar-refractivity contribution < 1.29 is 0 Å². The van der Waals surface area contributed by atoms with Gasteiger partial charge in [-0.05, 0) is 31.0 Å². The Labute approximate surface area is 189 Å². The fraction of sp³-hybridized carbons (Fsp3) is 0.500. The van der Waals surface area contributed by atoms with E-state index >= 15 is 0 Å². The normalized spacial score (nSPS) is 17.1. The number of halogens is 2. The van der Waals surface area contributed by atoms with E-state index in [0.717, 1.165) is 62.4 Å². The Morgan fingerprint density at radius 2 is 2.00 bits per heavy atom. The largest absolute Gasteiger partial charge is 0.368 e. The number of imidazole rings is 1. The van der Waals surface area contributed by atoms with Gasteiger partial charge in [-0.2, -0.15) is 0 Å². The lowest BCUT2D eigenvalue weighted by Gasteiger charge is -2.37. The Hall–Kier alpha value is -1.48. The minimum Gasteiger partial charge on any atom is -0.368 e. The number of aliphatic imine (C=N–C) groups is 1. The third-order valence-electron chi connectivity index (χ3n) is 5.35. The van der Waals surface area contributed by atoms with Crippen LogP contribution in [0.2, 0.25) is 5.02 Å². The maximum Gasteiger partial charge on any atom is 0.194 e. The van der Waals surface area contributed by atoms with Crippen LogP contribution in [0.5, 0.6) is 0 Å². The molecule has 4 rings (SSSR count). The SMILES string of the molecule is CN=C(NCc1cn2c(n1)CCCC2)N1CCN(c2cccc(Cl)c2)CC1.I. The van der Waals surface area contributed by atoms with Crippen LogP contribution < -0.4 is 10.2 Å². The van der Waals surface area contributed by atoms with Gasteiger partial charge in [-0.25, -0.2) is 4.98 Å². The summed E-state index contributed by atoms with van der Waals surface area (Å²) >= 11 is 6.13. The van der Waals surface area contributed by atoms with E-state index in [1.54, 1.807) is 0 Å². The van der Waals surface area contributed by atoms with Crippen molar-refractivity contribution in [3.05, 3.63) is 47.0 Å². The maximum atomic E-state index is 6.13. The van der Waals surface area contributed by atoms with Gasteiger partial charge in [0.05, 0.1) is 12.2 Å². The number of benzene rings is 1. The molecule has 1 saturated heterocycles. The zero-order chi connectivity index (χ0) is 18.6. The number of fused-ring (bicyclic) bond motifs is 1. The van der Waals surface area contributed by atoms with Crippen molar-refractivity contribution in [3.8, 4) is 0 Å². The molecule has 1 aromatic heterocycles. The van der Waals surface area contributed by atoms with Gasteiger partial charge in [-0.3, -0.25) is 4.99 Å². The van der Waals surface area contributed by atoms with Gasteiger partial charge in [-0.1, -0.05) is 17.7 Å². The Bertz CT molecular complexity index is 789. The van der Waals surface area contributed by atoms with Crippen LogP contribution >= 0.6 is 35.6 Å². The molecule has 1 aromatic carbocycles. The van der Waals surface area contributed by atoms with Crippen molar-refractivity contribution in [2.45, 2.75) is 32.4 Å². The van der Waals surface area contributed by atoms with Crippen molar-refractivity contribution in [1.29, 1.82) is 0 Å². The zero-order valence-corrected chi connectivity index (χ0v) is 19.4. The number of nitrogens with zero attached hydrogens (tertiary/aromatic N) is 5. The Morgan fingerprint density at radius 3 is 2.71 bits per heavy atom. The summed E-state index contributed by atoms with van der Waals surface area (Å²) in [5, 5.41) is 4.28. The van der Waals surface area contributed by atoms with Gasteiger partial charge >= 0.3 is 0 Å². The smallest absolute Gasteiger partial charge is 0.194 e. The second-order valence-electron chi connectivity index (χ2n) is 7.15. The third kappa shape index (κ3) is 4.92. The summed E-state index contributed by atoms with van der Waals surface area (Å²) in [5.74, 6) is 2.18. The summed E-state index contributed by atoms with van der Waals surface area (Å²) in [4.78, 5) is 13.9. The quantitative estimate of drug-likeness (QED) is 0.388. The second-order valence-corrected chi connectivity index (χ2v) is 7.59. The molecular weight excluding hydrogens is 487 g/mol. The fourth-order valence-electron chi connectivity index (χ4n) is 3.91. The molecule has 0 atom stereocenters. The first-order valence-electron chi connectivity index (χ1n) is 9.74. The van der Waals surface area contributed by atoms with Gasteiger partial charge in [0.1, 0.15) is 5.82 Å². The molecule has 2 aliphatic rings. The van der Waals surface area contributed by atoms with E-state index in [1.165, 1.54) is 24.4 Å². The predicted molar refractivity (Wildman–Crippen MR) is 126 cm³/mol. The highest BCUT2D eigenvalue weighted by Crippen LogP contribution is 2.21. The van der Waals surface area contributed by atoms with E-state index in [2.05, 4.69) is 36.9 Å². The molecule has 0 unspecified atom stereocenters. The highest BCUT2D eigenvalue weighted by atomic mass is 127. The van der Waals surface area contributed by atoms with Crippen LogP contribution in [0.1, 0.15) is 24.4 Å². The monoisotopic (exact) mass is 514 g/mol. The van der Waals surface area contributed by atoms with Gasteiger partial charge in [0.15, 0.2) is 5.96 Å². The average molecular weight is 515 g/mol. The molecule has 0 amide bonds. The van der Waals surface area contributed by atoms with Crippen molar-refractivity contribution >= 4 is 47.2 Å². The fourth-order valence-corrected chi connectivity index (χ4v) is 4.09. The number of aromatic nitrogens is 2. The van der Waals surface area contributed by atoms with Crippen molar-refractivity contribution in [3.63, 3.8) is 0 Å². The summed E-state index contributed by atoms with van der Waals surface area (Å²) < 4.78 is 2.30. The van der Waals surface area contributed by atoms with Crippen LogP contribution in [0.25, 0.3) is 0 Å². The number of hydrogen-bond acceptors (Lipinski definition) is 3. The highest BCUT2D eigenvalue weighted by molar-refractivity contribution is 14.0. The van der Waals surface area contributed by atoms with E-state index < -0.39 is 0 Å². The number of rotatable bonds is 3. The highest BCUT2D eigenvalue weighted by Gasteiger charge is 2.20. The average Bonchev–Trinajstić information content (AvgIpc) is 3.12. The number of aryl methyl sites for hydroxylation is 2. The molecule has 28 heavy (non-hydrogen) atoms. The first-order valence-corrected chi connectivity index (χ1v) is 10.1. The molecule has 6 nitrogen and oxygen atoms in total. The molecule has 0 aliphatic carbocycles. The summed E-state index contributed by atoms with van der Waals surface area (Å²) in [7, 11) is 1.85. The lowest BCUT2D eigenvalue weighted by atomic mass is 10.2. The van der Waals surface area contributed by atoms with E-state index in [-0.39, 0.29) is 24.0 Å².